The number of nitrogens with one attached hydrogen (secondary N) is 1. The minimum absolute atomic E-state index is 0.0502. The molecule has 10 nitrogen and oxygen atoms in total. The van der Waals surface area contributed by atoms with Crippen molar-refractivity contribution in [2.45, 2.75) is 6.92 Å². The number of aromatic nitrogens is 3. The van der Waals surface area contributed by atoms with E-state index in [1.54, 1.807) is 12.3 Å². The number of ether oxygens (including phenoxy) is 2. The monoisotopic (exact) mass is 474 g/mol. The summed E-state index contributed by atoms with van der Waals surface area (Å²) in [6.45, 7) is 5.20. The van der Waals surface area contributed by atoms with Gasteiger partial charge in [-0.2, -0.15) is 0 Å². The van der Waals surface area contributed by atoms with Crippen molar-refractivity contribution in [3.8, 4) is 17.0 Å². The molecule has 1 fully saturated rings. The maximum absolute atomic E-state index is 11.2. The molecule has 1 aliphatic rings. The van der Waals surface area contributed by atoms with E-state index in [9.17, 15) is 10.1 Å². The number of nitro benzene ring substituents is 1. The van der Waals surface area contributed by atoms with E-state index in [0.29, 0.717) is 17.4 Å². The van der Waals surface area contributed by atoms with Gasteiger partial charge in [-0.15, -0.1) is 0 Å². The largest absolute Gasteiger partial charge is 0.495 e. The van der Waals surface area contributed by atoms with Crippen LogP contribution in [-0.4, -0.2) is 52.9 Å². The van der Waals surface area contributed by atoms with Crippen molar-refractivity contribution in [2.24, 2.45) is 7.05 Å². The molecule has 0 bridgehead atoms. The number of nitrogens with zero attached hydrogens (tertiary/aromatic N) is 5. The van der Waals surface area contributed by atoms with Crippen molar-refractivity contribution in [3.05, 3.63) is 64.5 Å². The van der Waals surface area contributed by atoms with E-state index >= 15 is 0 Å². The Morgan fingerprint density at radius 3 is 2.71 bits per heavy atom. The molecule has 35 heavy (non-hydrogen) atoms. The van der Waals surface area contributed by atoms with Crippen LogP contribution in [-0.2, 0) is 11.8 Å². The number of hydrogen-bond donors (Lipinski definition) is 1. The maximum Gasteiger partial charge on any atom is 0.271 e. The first-order chi connectivity index (χ1) is 16.9. The van der Waals surface area contributed by atoms with Crippen molar-refractivity contribution < 1.29 is 14.4 Å². The molecule has 0 unspecified atom stereocenters. The summed E-state index contributed by atoms with van der Waals surface area (Å²) in [6.07, 6.45) is 3.82. The molecule has 0 atom stereocenters. The highest BCUT2D eigenvalue weighted by Gasteiger charge is 2.18. The summed E-state index contributed by atoms with van der Waals surface area (Å²) in [5, 5.41) is 15.4. The van der Waals surface area contributed by atoms with Crippen LogP contribution in [0.1, 0.15) is 5.56 Å². The van der Waals surface area contributed by atoms with Crippen LogP contribution in [0, 0.1) is 17.0 Å². The molecule has 1 N–H and O–H groups in total. The molecule has 0 saturated carbocycles. The lowest BCUT2D eigenvalue weighted by molar-refractivity contribution is -0.384. The third-order valence-corrected chi connectivity index (χ3v) is 6.22. The van der Waals surface area contributed by atoms with E-state index in [4.69, 9.17) is 14.5 Å². The summed E-state index contributed by atoms with van der Waals surface area (Å²) in [4.78, 5) is 22.3. The van der Waals surface area contributed by atoms with E-state index in [1.807, 2.05) is 14.0 Å². The lowest BCUT2D eigenvalue weighted by Crippen LogP contribution is -2.36. The minimum Gasteiger partial charge on any atom is -0.495 e. The number of nitro groups is 1. The third kappa shape index (κ3) is 4.35. The number of rotatable bonds is 6. The van der Waals surface area contributed by atoms with Gasteiger partial charge in [0.25, 0.3) is 5.69 Å². The first-order valence-corrected chi connectivity index (χ1v) is 11.3. The molecule has 5 rings (SSSR count). The summed E-state index contributed by atoms with van der Waals surface area (Å²) in [5.41, 5.74) is 5.35. The normalized spacial score (nSPS) is 13.7. The highest BCUT2D eigenvalue weighted by Crippen LogP contribution is 2.35. The molecule has 0 aliphatic carbocycles. The van der Waals surface area contributed by atoms with Crippen LogP contribution in [0.3, 0.4) is 0 Å². The Morgan fingerprint density at radius 2 is 1.97 bits per heavy atom. The molecule has 10 heteroatoms. The molecule has 0 radical (unpaired) electrons. The van der Waals surface area contributed by atoms with Gasteiger partial charge in [0.05, 0.1) is 42.1 Å². The highest BCUT2D eigenvalue weighted by molar-refractivity contribution is 5.97. The van der Waals surface area contributed by atoms with E-state index in [0.717, 1.165) is 54.0 Å². The van der Waals surface area contributed by atoms with Crippen molar-refractivity contribution in [1.29, 1.82) is 0 Å². The second kappa shape index (κ2) is 9.22. The summed E-state index contributed by atoms with van der Waals surface area (Å²) >= 11 is 0. The molecule has 4 aromatic rings. The standard InChI is InChI=1S/C25H26N6O4/c1-16-14-26-25(27-21-12-18(31(32)33)5-7-23(21)34-3)28-24(16)20-15-29(2)22-13-17(4-6-19(20)22)30-8-10-35-11-9-30/h4-7,12-15H,8-11H2,1-3H3,(H,26,27,28). The number of aryl methyl sites for hydroxylation is 2. The summed E-state index contributed by atoms with van der Waals surface area (Å²) in [7, 11) is 3.54. The molecule has 2 aromatic carbocycles. The van der Waals surface area contributed by atoms with Crippen LogP contribution in [0.15, 0.2) is 48.8 Å². The van der Waals surface area contributed by atoms with Crippen molar-refractivity contribution >= 4 is 33.9 Å². The fourth-order valence-corrected chi connectivity index (χ4v) is 4.38. The van der Waals surface area contributed by atoms with Crippen molar-refractivity contribution in [1.82, 2.24) is 14.5 Å². The lowest BCUT2D eigenvalue weighted by atomic mass is 10.1. The number of morpholine rings is 1. The minimum atomic E-state index is -0.451. The number of non-ortho nitro benzene ring substituents is 1. The van der Waals surface area contributed by atoms with Gasteiger partial charge in [0.1, 0.15) is 5.75 Å². The van der Waals surface area contributed by atoms with E-state index in [-0.39, 0.29) is 5.69 Å². The van der Waals surface area contributed by atoms with Crippen LogP contribution >= 0.6 is 0 Å². The van der Waals surface area contributed by atoms with Crippen LogP contribution in [0.2, 0.25) is 0 Å². The Labute approximate surface area is 202 Å². The van der Waals surface area contributed by atoms with Gasteiger partial charge in [0.15, 0.2) is 0 Å². The summed E-state index contributed by atoms with van der Waals surface area (Å²) in [6, 6.07) is 10.8. The number of hydrogen-bond acceptors (Lipinski definition) is 8. The molecule has 0 spiro atoms. The smallest absolute Gasteiger partial charge is 0.271 e. The topological polar surface area (TPSA) is 108 Å². The molecular formula is C25H26N6O4. The second-order valence-corrected chi connectivity index (χ2v) is 8.45. The SMILES string of the molecule is COc1ccc([N+](=O)[O-])cc1Nc1ncc(C)c(-c2cn(C)c3cc(N4CCOCC4)ccc23)n1. The third-order valence-electron chi connectivity index (χ3n) is 6.22. The molecule has 1 saturated heterocycles. The lowest BCUT2D eigenvalue weighted by Gasteiger charge is -2.29. The molecule has 3 heterocycles. The Bertz CT molecular complexity index is 1410. The Kier molecular flexibility index (Phi) is 5.96. The number of benzene rings is 2. The second-order valence-electron chi connectivity index (χ2n) is 8.45. The number of anilines is 3. The summed E-state index contributed by atoms with van der Waals surface area (Å²) < 4.78 is 12.9. The maximum atomic E-state index is 11.2. The Morgan fingerprint density at radius 1 is 1.17 bits per heavy atom. The predicted octanol–water partition coefficient (Wildman–Crippen LogP) is 4.44. The molecule has 1 aliphatic heterocycles. The molecule has 0 amide bonds. The van der Waals surface area contributed by atoms with Crippen LogP contribution in [0.5, 0.6) is 5.75 Å². The molecule has 2 aromatic heterocycles. The van der Waals surface area contributed by atoms with E-state index in [2.05, 4.69) is 44.2 Å². The number of methoxy groups -OCH3 is 1. The Hall–Kier alpha value is -4.18. The first-order valence-electron chi connectivity index (χ1n) is 11.3. The van der Waals surface area contributed by atoms with Crippen LogP contribution in [0.25, 0.3) is 22.2 Å². The van der Waals surface area contributed by atoms with Gasteiger partial charge in [-0.1, -0.05) is 6.07 Å². The van der Waals surface area contributed by atoms with Crippen molar-refractivity contribution in [3.63, 3.8) is 0 Å². The summed E-state index contributed by atoms with van der Waals surface area (Å²) in [5.74, 6) is 0.786. The van der Waals surface area contributed by atoms with E-state index < -0.39 is 4.92 Å². The average Bonchev–Trinajstić information content (AvgIpc) is 3.21. The first kappa shape index (κ1) is 22.6. The predicted molar refractivity (Wildman–Crippen MR) is 135 cm³/mol. The van der Waals surface area contributed by atoms with Gasteiger partial charge >= 0.3 is 0 Å². The highest BCUT2D eigenvalue weighted by atomic mass is 16.6. The van der Waals surface area contributed by atoms with Gasteiger partial charge in [-0.05, 0) is 30.7 Å². The quantitative estimate of drug-likeness (QED) is 0.323. The zero-order chi connectivity index (χ0) is 24.5. The Balaban J connectivity index is 1.52. The fourth-order valence-electron chi connectivity index (χ4n) is 4.38. The number of fused-ring (bicyclic) bond motifs is 1. The van der Waals surface area contributed by atoms with Gasteiger partial charge in [-0.3, -0.25) is 10.1 Å². The van der Waals surface area contributed by atoms with Gasteiger partial charge in [0, 0.05) is 61.3 Å². The fraction of sp³-hybridized carbons (Fsp3) is 0.280. The zero-order valence-electron chi connectivity index (χ0n) is 19.8. The van der Waals surface area contributed by atoms with Gasteiger partial charge < -0.3 is 24.3 Å². The zero-order valence-corrected chi connectivity index (χ0v) is 19.8. The molecule has 180 valence electrons. The molecular weight excluding hydrogens is 448 g/mol. The van der Waals surface area contributed by atoms with Crippen LogP contribution in [0.4, 0.5) is 23.0 Å². The van der Waals surface area contributed by atoms with Gasteiger partial charge in [-0.25, -0.2) is 9.97 Å². The van der Waals surface area contributed by atoms with Gasteiger partial charge in [0.2, 0.25) is 5.95 Å². The van der Waals surface area contributed by atoms with Crippen LogP contribution < -0.4 is 15.0 Å². The van der Waals surface area contributed by atoms with Crippen molar-refractivity contribution in [2.75, 3.05) is 43.6 Å². The van der Waals surface area contributed by atoms with E-state index in [1.165, 1.54) is 24.9 Å². The average molecular weight is 475 g/mol.